The predicted molar refractivity (Wildman–Crippen MR) is 107 cm³/mol. The van der Waals surface area contributed by atoms with Gasteiger partial charge in [-0.2, -0.15) is 0 Å². The minimum atomic E-state index is 0. The molecule has 0 aromatic carbocycles. The van der Waals surface area contributed by atoms with Crippen molar-refractivity contribution in [3.8, 4) is 0 Å². The Morgan fingerprint density at radius 2 is 2.08 bits per heavy atom. The monoisotopic (exact) mass is 389 g/mol. The number of nitrogen functional groups attached to an aromatic ring is 1. The summed E-state index contributed by atoms with van der Waals surface area (Å²) in [6.07, 6.45) is 3.70. The summed E-state index contributed by atoms with van der Waals surface area (Å²) in [4.78, 5) is 22.3. The lowest BCUT2D eigenvalue weighted by atomic mass is 9.91. The molecule has 0 unspecified atom stereocenters. The molecule has 2 rings (SSSR count). The van der Waals surface area contributed by atoms with Crippen molar-refractivity contribution < 1.29 is 4.79 Å². The van der Waals surface area contributed by atoms with E-state index in [-0.39, 0.29) is 29.6 Å². The van der Waals surface area contributed by atoms with Crippen LogP contribution in [-0.2, 0) is 11.3 Å². The molecule has 0 radical (unpaired) electrons. The third-order valence-electron chi connectivity index (χ3n) is 4.39. The quantitative estimate of drug-likeness (QED) is 0.746. The molecule has 0 atom stereocenters. The van der Waals surface area contributed by atoms with Crippen LogP contribution in [0.25, 0.3) is 0 Å². The average molecular weight is 390 g/mol. The highest BCUT2D eigenvalue weighted by molar-refractivity contribution is 7.15. The Morgan fingerprint density at radius 3 is 2.60 bits per heavy atom. The molecule has 1 fully saturated rings. The number of carbonyl (C=O) groups is 1. The lowest BCUT2D eigenvalue weighted by Crippen LogP contribution is -2.44. The van der Waals surface area contributed by atoms with Gasteiger partial charge in [0.15, 0.2) is 5.13 Å². The Morgan fingerprint density at radius 1 is 1.44 bits per heavy atom. The fourth-order valence-corrected chi connectivity index (χ4v) is 4.08. The number of nitrogens with zero attached hydrogens (tertiary/aromatic N) is 3. The van der Waals surface area contributed by atoms with Crippen molar-refractivity contribution in [2.75, 3.05) is 46.0 Å². The van der Waals surface area contributed by atoms with Crippen LogP contribution in [0.2, 0.25) is 0 Å². The van der Waals surface area contributed by atoms with Crippen molar-refractivity contribution >= 4 is 34.8 Å². The number of likely N-dealkylation sites (tertiary alicyclic amines) is 1. The van der Waals surface area contributed by atoms with Crippen LogP contribution in [0.15, 0.2) is 6.20 Å². The van der Waals surface area contributed by atoms with E-state index in [4.69, 9.17) is 5.73 Å². The standard InChI is InChI=1S/C17H31N5OS.ClH/c1-17(2,12-21(3)4)11-20-15(23)13-5-7-22(8-6-13)10-14-9-19-16(18)24-14;/h9,13H,5-8,10-12H2,1-4H3,(H2,18,19)(H,20,23);1H. The van der Waals surface area contributed by atoms with Gasteiger partial charge in [0.25, 0.3) is 0 Å². The summed E-state index contributed by atoms with van der Waals surface area (Å²) < 4.78 is 0. The molecule has 1 aromatic rings. The number of aromatic nitrogens is 1. The number of rotatable bonds is 7. The molecule has 2 heterocycles. The number of anilines is 1. The molecule has 1 aromatic heterocycles. The zero-order valence-corrected chi connectivity index (χ0v) is 17.4. The Bertz CT molecular complexity index is 541. The number of hydrogen-bond acceptors (Lipinski definition) is 6. The SMILES string of the molecule is CN(C)CC(C)(C)CNC(=O)C1CCN(Cc2cnc(N)s2)CC1.Cl. The van der Waals surface area contributed by atoms with Crippen LogP contribution in [-0.4, -0.2) is 61.0 Å². The first kappa shape index (κ1) is 22.2. The van der Waals surface area contributed by atoms with E-state index in [1.165, 1.54) is 4.88 Å². The second kappa shape index (κ2) is 9.71. The lowest BCUT2D eigenvalue weighted by Gasteiger charge is -2.32. The fraction of sp³-hybridized carbons (Fsp3) is 0.765. The number of nitrogens with one attached hydrogen (secondary N) is 1. The van der Waals surface area contributed by atoms with Gasteiger partial charge in [0.1, 0.15) is 0 Å². The molecule has 144 valence electrons. The molecule has 8 heteroatoms. The van der Waals surface area contributed by atoms with Crippen LogP contribution >= 0.6 is 23.7 Å². The summed E-state index contributed by atoms with van der Waals surface area (Å²) in [5.41, 5.74) is 5.77. The summed E-state index contributed by atoms with van der Waals surface area (Å²) in [6.45, 7) is 8.87. The second-order valence-electron chi connectivity index (χ2n) is 7.84. The topological polar surface area (TPSA) is 74.5 Å². The van der Waals surface area contributed by atoms with Crippen molar-refractivity contribution in [2.24, 2.45) is 11.3 Å². The van der Waals surface area contributed by atoms with Gasteiger partial charge in [-0.3, -0.25) is 9.69 Å². The van der Waals surface area contributed by atoms with Gasteiger partial charge in [-0.1, -0.05) is 13.8 Å². The van der Waals surface area contributed by atoms with E-state index >= 15 is 0 Å². The summed E-state index contributed by atoms with van der Waals surface area (Å²) in [5.74, 6) is 0.353. The van der Waals surface area contributed by atoms with Gasteiger partial charge in [-0.25, -0.2) is 4.98 Å². The summed E-state index contributed by atoms with van der Waals surface area (Å²) in [6, 6.07) is 0. The molecule has 0 bridgehead atoms. The number of carbonyl (C=O) groups excluding carboxylic acids is 1. The molecular formula is C17H32ClN5OS. The molecule has 6 nitrogen and oxygen atoms in total. The van der Waals surface area contributed by atoms with Crippen molar-refractivity contribution in [2.45, 2.75) is 33.2 Å². The van der Waals surface area contributed by atoms with E-state index < -0.39 is 0 Å². The fourth-order valence-electron chi connectivity index (χ4n) is 3.35. The number of hydrogen-bond donors (Lipinski definition) is 2. The Balaban J connectivity index is 0.00000312. The zero-order valence-electron chi connectivity index (χ0n) is 15.7. The molecule has 3 N–H and O–H groups in total. The van der Waals surface area contributed by atoms with E-state index in [0.29, 0.717) is 5.13 Å². The second-order valence-corrected chi connectivity index (χ2v) is 8.98. The van der Waals surface area contributed by atoms with Crippen LogP contribution in [0.3, 0.4) is 0 Å². The van der Waals surface area contributed by atoms with Gasteiger partial charge < -0.3 is 16.0 Å². The zero-order chi connectivity index (χ0) is 17.7. The van der Waals surface area contributed by atoms with E-state index in [1.807, 2.05) is 6.20 Å². The minimum absolute atomic E-state index is 0. The Hall–Kier alpha value is -0.890. The summed E-state index contributed by atoms with van der Waals surface area (Å²) in [7, 11) is 4.13. The number of nitrogens with two attached hydrogens (primary N) is 1. The Labute approximate surface area is 161 Å². The predicted octanol–water partition coefficient (Wildman–Crippen LogP) is 2.06. The van der Waals surface area contributed by atoms with Crippen molar-refractivity contribution in [3.63, 3.8) is 0 Å². The summed E-state index contributed by atoms with van der Waals surface area (Å²) in [5, 5.41) is 3.78. The van der Waals surface area contributed by atoms with Crippen LogP contribution < -0.4 is 11.1 Å². The highest BCUT2D eigenvalue weighted by Gasteiger charge is 2.27. The third-order valence-corrected chi connectivity index (χ3v) is 5.21. The number of thiazole rings is 1. The molecule has 1 aliphatic rings. The molecule has 25 heavy (non-hydrogen) atoms. The van der Waals surface area contributed by atoms with Crippen LogP contribution in [0.5, 0.6) is 0 Å². The van der Waals surface area contributed by atoms with Crippen LogP contribution in [0, 0.1) is 11.3 Å². The van der Waals surface area contributed by atoms with E-state index in [9.17, 15) is 4.79 Å². The van der Waals surface area contributed by atoms with E-state index in [0.717, 1.165) is 45.6 Å². The molecular weight excluding hydrogens is 358 g/mol. The number of piperidine rings is 1. The van der Waals surface area contributed by atoms with Gasteiger partial charge in [-0.15, -0.1) is 23.7 Å². The van der Waals surface area contributed by atoms with Gasteiger partial charge in [-0.05, 0) is 45.4 Å². The van der Waals surface area contributed by atoms with Crippen LogP contribution in [0.4, 0.5) is 5.13 Å². The van der Waals surface area contributed by atoms with Gasteiger partial charge in [0.05, 0.1) is 0 Å². The highest BCUT2D eigenvalue weighted by Crippen LogP contribution is 2.22. The van der Waals surface area contributed by atoms with Crippen molar-refractivity contribution in [1.82, 2.24) is 20.1 Å². The molecule has 1 aliphatic heterocycles. The van der Waals surface area contributed by atoms with E-state index in [1.54, 1.807) is 11.3 Å². The third kappa shape index (κ3) is 7.48. The molecule has 1 amide bonds. The number of amides is 1. The van der Waals surface area contributed by atoms with Crippen molar-refractivity contribution in [3.05, 3.63) is 11.1 Å². The number of halogens is 1. The molecule has 1 saturated heterocycles. The van der Waals surface area contributed by atoms with Gasteiger partial charge in [0.2, 0.25) is 5.91 Å². The van der Waals surface area contributed by atoms with Crippen LogP contribution in [0.1, 0.15) is 31.6 Å². The van der Waals surface area contributed by atoms with Gasteiger partial charge >= 0.3 is 0 Å². The normalized spacial score (nSPS) is 16.7. The maximum atomic E-state index is 12.4. The maximum Gasteiger partial charge on any atom is 0.223 e. The first-order valence-electron chi connectivity index (χ1n) is 8.60. The lowest BCUT2D eigenvalue weighted by molar-refractivity contribution is -0.127. The highest BCUT2D eigenvalue weighted by atomic mass is 35.5. The van der Waals surface area contributed by atoms with E-state index in [2.05, 4.69) is 48.0 Å². The smallest absolute Gasteiger partial charge is 0.223 e. The Kier molecular flexibility index (Phi) is 8.60. The summed E-state index contributed by atoms with van der Waals surface area (Å²) >= 11 is 1.55. The van der Waals surface area contributed by atoms with Gasteiger partial charge in [0, 0.05) is 36.6 Å². The molecule has 0 spiro atoms. The largest absolute Gasteiger partial charge is 0.375 e. The molecule has 0 saturated carbocycles. The first-order valence-corrected chi connectivity index (χ1v) is 9.42. The average Bonchev–Trinajstić information content (AvgIpc) is 2.89. The first-order chi connectivity index (χ1) is 11.2. The molecule has 0 aliphatic carbocycles. The van der Waals surface area contributed by atoms with Crippen molar-refractivity contribution in [1.29, 1.82) is 0 Å². The minimum Gasteiger partial charge on any atom is -0.375 e. The maximum absolute atomic E-state index is 12.4.